The predicted molar refractivity (Wildman–Crippen MR) is 42.9 cm³/mol. The highest BCUT2D eigenvalue weighted by Crippen LogP contribution is 2.47. The van der Waals surface area contributed by atoms with Crippen molar-refractivity contribution in [3.63, 3.8) is 0 Å². The van der Waals surface area contributed by atoms with Gasteiger partial charge in [0.2, 0.25) is 0 Å². The van der Waals surface area contributed by atoms with E-state index in [1.54, 1.807) is 0 Å². The maximum Gasteiger partial charge on any atom is 0.169 e. The Morgan fingerprint density at radius 2 is 2.30 bits per heavy atom. The van der Waals surface area contributed by atoms with Crippen LogP contribution < -0.4 is 0 Å². The lowest BCUT2D eigenvalue weighted by atomic mass is 10.3. The van der Waals surface area contributed by atoms with Crippen LogP contribution in [-0.4, -0.2) is 0 Å². The van der Waals surface area contributed by atoms with Gasteiger partial charge in [-0.3, -0.25) is 0 Å². The molecule has 2 atom stereocenters. The molecule has 2 unspecified atom stereocenters. The van der Waals surface area contributed by atoms with Gasteiger partial charge in [0.05, 0.1) is 0 Å². The highest BCUT2D eigenvalue weighted by Gasteiger charge is 2.36. The summed E-state index contributed by atoms with van der Waals surface area (Å²) in [6, 6.07) is 4.01. The summed E-state index contributed by atoms with van der Waals surface area (Å²) < 4.78 is 6.24. The van der Waals surface area contributed by atoms with Gasteiger partial charge in [-0.1, -0.05) is 6.92 Å². The van der Waals surface area contributed by atoms with E-state index in [1.165, 1.54) is 6.42 Å². The second-order valence-electron chi connectivity index (χ2n) is 2.96. The molecule has 1 heterocycles. The fourth-order valence-electron chi connectivity index (χ4n) is 1.25. The highest BCUT2D eigenvalue weighted by molar-refractivity contribution is 9.10. The first-order valence-corrected chi connectivity index (χ1v) is 4.32. The first-order chi connectivity index (χ1) is 4.77. The van der Waals surface area contributed by atoms with Crippen LogP contribution in [0.15, 0.2) is 21.2 Å². The molecular formula is C8H9BrO. The summed E-state index contributed by atoms with van der Waals surface area (Å²) in [4.78, 5) is 0. The molecule has 2 heteroatoms. The molecule has 0 aliphatic heterocycles. The molecule has 1 aliphatic carbocycles. The van der Waals surface area contributed by atoms with Gasteiger partial charge >= 0.3 is 0 Å². The van der Waals surface area contributed by atoms with Gasteiger partial charge in [0, 0.05) is 5.92 Å². The zero-order valence-electron chi connectivity index (χ0n) is 5.80. The number of rotatable bonds is 1. The number of hydrogen-bond donors (Lipinski definition) is 0. The van der Waals surface area contributed by atoms with Gasteiger partial charge in [-0.25, -0.2) is 0 Å². The quantitative estimate of drug-likeness (QED) is 0.680. The summed E-state index contributed by atoms with van der Waals surface area (Å²) in [7, 11) is 0. The van der Waals surface area contributed by atoms with E-state index in [-0.39, 0.29) is 0 Å². The third-order valence-corrected chi connectivity index (χ3v) is 2.50. The van der Waals surface area contributed by atoms with Crippen molar-refractivity contribution in [3.05, 3.63) is 22.6 Å². The van der Waals surface area contributed by atoms with Crippen LogP contribution >= 0.6 is 15.9 Å². The van der Waals surface area contributed by atoms with Crippen molar-refractivity contribution >= 4 is 15.9 Å². The highest BCUT2D eigenvalue weighted by atomic mass is 79.9. The molecule has 1 nitrogen and oxygen atoms in total. The van der Waals surface area contributed by atoms with E-state index < -0.39 is 0 Å². The molecule has 1 aromatic rings. The molecule has 0 spiro atoms. The Morgan fingerprint density at radius 3 is 2.70 bits per heavy atom. The van der Waals surface area contributed by atoms with Gasteiger partial charge in [0.15, 0.2) is 4.67 Å². The topological polar surface area (TPSA) is 13.1 Å². The normalized spacial score (nSPS) is 30.6. The number of halogens is 1. The van der Waals surface area contributed by atoms with E-state index in [0.29, 0.717) is 5.92 Å². The third kappa shape index (κ3) is 1.01. The Balaban J connectivity index is 2.20. The Morgan fingerprint density at radius 1 is 1.60 bits per heavy atom. The van der Waals surface area contributed by atoms with Crippen molar-refractivity contribution < 1.29 is 4.42 Å². The summed E-state index contributed by atoms with van der Waals surface area (Å²) in [5.41, 5.74) is 0. The van der Waals surface area contributed by atoms with Crippen molar-refractivity contribution in [3.8, 4) is 0 Å². The summed E-state index contributed by atoms with van der Waals surface area (Å²) in [6.07, 6.45) is 1.29. The fourth-order valence-corrected chi connectivity index (χ4v) is 1.57. The van der Waals surface area contributed by atoms with Crippen LogP contribution in [0.3, 0.4) is 0 Å². The predicted octanol–water partition coefficient (Wildman–Crippen LogP) is 3.17. The molecule has 0 aromatic carbocycles. The van der Waals surface area contributed by atoms with Gasteiger partial charge < -0.3 is 4.42 Å². The minimum Gasteiger partial charge on any atom is -0.454 e. The lowest BCUT2D eigenvalue weighted by molar-refractivity contribution is 0.484. The molecule has 0 N–H and O–H groups in total. The van der Waals surface area contributed by atoms with Gasteiger partial charge in [0.1, 0.15) is 5.76 Å². The second kappa shape index (κ2) is 2.12. The van der Waals surface area contributed by atoms with E-state index in [9.17, 15) is 0 Å². The van der Waals surface area contributed by atoms with E-state index >= 15 is 0 Å². The average molecular weight is 201 g/mol. The zero-order valence-corrected chi connectivity index (χ0v) is 7.39. The first kappa shape index (κ1) is 6.47. The van der Waals surface area contributed by atoms with Gasteiger partial charge in [-0.05, 0) is 40.4 Å². The van der Waals surface area contributed by atoms with Crippen LogP contribution in [0.25, 0.3) is 0 Å². The smallest absolute Gasteiger partial charge is 0.169 e. The molecule has 0 saturated heterocycles. The SMILES string of the molecule is CC1CC1c1ccc(Br)o1. The molecule has 1 saturated carbocycles. The van der Waals surface area contributed by atoms with Crippen LogP contribution in [0.1, 0.15) is 25.0 Å². The molecule has 0 bridgehead atoms. The maximum absolute atomic E-state index is 5.39. The van der Waals surface area contributed by atoms with Crippen molar-refractivity contribution in [1.82, 2.24) is 0 Å². The Hall–Kier alpha value is -0.240. The molecule has 1 aromatic heterocycles. The van der Waals surface area contributed by atoms with E-state index in [4.69, 9.17) is 4.42 Å². The van der Waals surface area contributed by atoms with Crippen molar-refractivity contribution in [2.45, 2.75) is 19.3 Å². The van der Waals surface area contributed by atoms with Crippen molar-refractivity contribution in [2.75, 3.05) is 0 Å². The minimum absolute atomic E-state index is 0.700. The number of furan rings is 1. The zero-order chi connectivity index (χ0) is 7.14. The summed E-state index contributed by atoms with van der Waals surface area (Å²) in [6.45, 7) is 2.25. The van der Waals surface area contributed by atoms with Gasteiger partial charge in [0.25, 0.3) is 0 Å². The van der Waals surface area contributed by atoms with Gasteiger partial charge in [-0.2, -0.15) is 0 Å². The molecule has 54 valence electrons. The number of hydrogen-bond acceptors (Lipinski definition) is 1. The Bertz CT molecular complexity index is 241. The average Bonchev–Trinajstić information content (AvgIpc) is 2.42. The monoisotopic (exact) mass is 200 g/mol. The first-order valence-electron chi connectivity index (χ1n) is 3.52. The summed E-state index contributed by atoms with van der Waals surface area (Å²) in [5, 5.41) is 0. The fraction of sp³-hybridized carbons (Fsp3) is 0.500. The maximum atomic E-state index is 5.39. The molecule has 0 radical (unpaired) electrons. The molecule has 2 rings (SSSR count). The standard InChI is InChI=1S/C8H9BrO/c1-5-4-6(5)7-2-3-8(9)10-7/h2-3,5-6H,4H2,1H3. The van der Waals surface area contributed by atoms with Crippen LogP contribution in [0, 0.1) is 5.92 Å². The molecule has 10 heavy (non-hydrogen) atoms. The third-order valence-electron chi connectivity index (χ3n) is 2.07. The Labute approximate surface area is 68.5 Å². The van der Waals surface area contributed by atoms with Crippen molar-refractivity contribution in [2.24, 2.45) is 5.92 Å². The van der Waals surface area contributed by atoms with Crippen molar-refractivity contribution in [1.29, 1.82) is 0 Å². The van der Waals surface area contributed by atoms with E-state index in [2.05, 4.69) is 28.9 Å². The lowest BCUT2D eigenvalue weighted by Gasteiger charge is -1.87. The second-order valence-corrected chi connectivity index (χ2v) is 3.74. The minimum atomic E-state index is 0.700. The Kier molecular flexibility index (Phi) is 1.37. The largest absolute Gasteiger partial charge is 0.454 e. The van der Waals surface area contributed by atoms with Crippen LogP contribution in [0.5, 0.6) is 0 Å². The molecule has 0 amide bonds. The summed E-state index contributed by atoms with van der Waals surface area (Å²) in [5.74, 6) is 2.67. The molecular weight excluding hydrogens is 192 g/mol. The van der Waals surface area contributed by atoms with E-state index in [1.807, 2.05) is 6.07 Å². The lowest BCUT2D eigenvalue weighted by Crippen LogP contribution is -1.72. The van der Waals surface area contributed by atoms with Crippen LogP contribution in [0.4, 0.5) is 0 Å². The van der Waals surface area contributed by atoms with E-state index in [0.717, 1.165) is 16.3 Å². The molecule has 1 fully saturated rings. The van der Waals surface area contributed by atoms with Gasteiger partial charge in [-0.15, -0.1) is 0 Å². The van der Waals surface area contributed by atoms with Crippen LogP contribution in [0.2, 0.25) is 0 Å². The molecule has 1 aliphatic rings. The summed E-state index contributed by atoms with van der Waals surface area (Å²) >= 11 is 3.28. The van der Waals surface area contributed by atoms with Crippen LogP contribution in [-0.2, 0) is 0 Å².